The van der Waals surface area contributed by atoms with Crippen LogP contribution in [0.4, 0.5) is 0 Å². The number of hydrogen-bond donors (Lipinski definition) is 0. The fraction of sp³-hybridized carbons (Fsp3) is 0.556. The molecular formula is C9H13N3O. The quantitative estimate of drug-likeness (QED) is 0.630. The van der Waals surface area contributed by atoms with E-state index in [1.54, 1.807) is 17.1 Å². The van der Waals surface area contributed by atoms with E-state index in [-0.39, 0.29) is 5.91 Å². The van der Waals surface area contributed by atoms with Crippen LogP contribution in [0.25, 0.3) is 0 Å². The minimum absolute atomic E-state index is 0.103. The molecule has 0 atom stereocenters. The molecule has 1 aliphatic heterocycles. The van der Waals surface area contributed by atoms with Crippen LogP contribution in [0.15, 0.2) is 12.4 Å². The summed E-state index contributed by atoms with van der Waals surface area (Å²) in [7, 11) is 1.81. The van der Waals surface area contributed by atoms with E-state index >= 15 is 0 Å². The van der Waals surface area contributed by atoms with Crippen LogP contribution in [0, 0.1) is 5.92 Å². The van der Waals surface area contributed by atoms with E-state index < -0.39 is 0 Å². The largest absolute Gasteiger partial charge is 0.338 e. The van der Waals surface area contributed by atoms with Crippen molar-refractivity contribution in [2.24, 2.45) is 13.0 Å². The highest BCUT2D eigenvalue weighted by atomic mass is 16.2. The molecule has 2 heterocycles. The molecule has 4 nitrogen and oxygen atoms in total. The molecule has 0 unspecified atom stereocenters. The number of aromatic nitrogens is 2. The van der Waals surface area contributed by atoms with Crippen LogP contribution >= 0.6 is 0 Å². The van der Waals surface area contributed by atoms with Crippen molar-refractivity contribution >= 4 is 5.91 Å². The van der Waals surface area contributed by atoms with Crippen molar-refractivity contribution in [1.82, 2.24) is 14.7 Å². The van der Waals surface area contributed by atoms with Gasteiger partial charge in [-0.15, -0.1) is 0 Å². The summed E-state index contributed by atoms with van der Waals surface area (Å²) in [6.07, 6.45) is 3.37. The first-order valence-corrected chi connectivity index (χ1v) is 4.44. The van der Waals surface area contributed by atoms with Crippen molar-refractivity contribution in [3.8, 4) is 0 Å². The molecule has 70 valence electrons. The minimum atomic E-state index is 0.103. The summed E-state index contributed by atoms with van der Waals surface area (Å²) < 4.78 is 1.65. The molecule has 2 rings (SSSR count). The van der Waals surface area contributed by atoms with Crippen LogP contribution in [0.1, 0.15) is 17.3 Å². The Hall–Kier alpha value is -1.32. The fourth-order valence-corrected chi connectivity index (χ4v) is 1.58. The van der Waals surface area contributed by atoms with E-state index in [0.29, 0.717) is 11.5 Å². The minimum Gasteiger partial charge on any atom is -0.338 e. The number of carbonyl (C=O) groups is 1. The second-order valence-corrected chi connectivity index (χ2v) is 3.72. The lowest BCUT2D eigenvalue weighted by Gasteiger charge is -2.36. The molecule has 13 heavy (non-hydrogen) atoms. The molecule has 1 aliphatic rings. The molecule has 1 aromatic heterocycles. The molecule has 0 aliphatic carbocycles. The van der Waals surface area contributed by atoms with Gasteiger partial charge in [0.15, 0.2) is 0 Å². The third-order valence-corrected chi connectivity index (χ3v) is 2.30. The van der Waals surface area contributed by atoms with Gasteiger partial charge in [-0.05, 0) is 5.92 Å². The van der Waals surface area contributed by atoms with E-state index in [2.05, 4.69) is 12.0 Å². The predicted octanol–water partition coefficient (Wildman–Crippen LogP) is 0.512. The lowest BCUT2D eigenvalue weighted by molar-refractivity contribution is 0.0530. The van der Waals surface area contributed by atoms with Gasteiger partial charge in [0.2, 0.25) is 0 Å². The highest BCUT2D eigenvalue weighted by Crippen LogP contribution is 2.17. The molecule has 0 bridgehead atoms. The third kappa shape index (κ3) is 1.43. The van der Waals surface area contributed by atoms with E-state index in [1.807, 2.05) is 11.9 Å². The normalized spacial score (nSPS) is 17.2. The summed E-state index contributed by atoms with van der Waals surface area (Å²) in [4.78, 5) is 13.5. The molecule has 0 radical (unpaired) electrons. The molecule has 0 spiro atoms. The van der Waals surface area contributed by atoms with E-state index in [0.717, 1.165) is 13.1 Å². The average Bonchev–Trinajstić information content (AvgIpc) is 2.45. The zero-order valence-electron chi connectivity index (χ0n) is 7.90. The third-order valence-electron chi connectivity index (χ3n) is 2.30. The molecule has 1 fully saturated rings. The van der Waals surface area contributed by atoms with Gasteiger partial charge in [0, 0.05) is 26.3 Å². The van der Waals surface area contributed by atoms with Gasteiger partial charge in [0.1, 0.15) is 0 Å². The van der Waals surface area contributed by atoms with Gasteiger partial charge < -0.3 is 4.90 Å². The van der Waals surface area contributed by atoms with Crippen molar-refractivity contribution < 1.29 is 4.79 Å². The van der Waals surface area contributed by atoms with Gasteiger partial charge in [-0.2, -0.15) is 5.10 Å². The van der Waals surface area contributed by atoms with Crippen LogP contribution in [-0.4, -0.2) is 33.7 Å². The molecule has 0 aromatic carbocycles. The van der Waals surface area contributed by atoms with Gasteiger partial charge in [-0.1, -0.05) is 6.92 Å². The molecule has 1 aromatic rings. The van der Waals surface area contributed by atoms with Crippen LogP contribution in [-0.2, 0) is 7.05 Å². The number of hydrogen-bond acceptors (Lipinski definition) is 2. The maximum absolute atomic E-state index is 11.7. The summed E-state index contributed by atoms with van der Waals surface area (Å²) in [5.74, 6) is 0.756. The molecular weight excluding hydrogens is 166 g/mol. The summed E-state index contributed by atoms with van der Waals surface area (Å²) in [6, 6.07) is 0. The standard InChI is InChI=1S/C9H13N3O/c1-7-4-12(5-7)9(13)8-3-10-11(2)6-8/h3,6-7H,4-5H2,1-2H3. The molecule has 4 heteroatoms. The van der Waals surface area contributed by atoms with Crippen molar-refractivity contribution in [1.29, 1.82) is 0 Å². The average molecular weight is 179 g/mol. The maximum atomic E-state index is 11.7. The lowest BCUT2D eigenvalue weighted by atomic mass is 10.0. The van der Waals surface area contributed by atoms with Crippen molar-refractivity contribution in [3.05, 3.63) is 18.0 Å². The van der Waals surface area contributed by atoms with E-state index in [1.165, 1.54) is 0 Å². The Bertz CT molecular complexity index is 325. The first-order chi connectivity index (χ1) is 6.16. The van der Waals surface area contributed by atoms with Crippen LogP contribution in [0.5, 0.6) is 0 Å². The van der Waals surface area contributed by atoms with Crippen LogP contribution in [0.3, 0.4) is 0 Å². The Labute approximate surface area is 77.1 Å². The van der Waals surface area contributed by atoms with E-state index in [9.17, 15) is 4.79 Å². The Balaban J connectivity index is 2.06. The summed E-state index contributed by atoms with van der Waals surface area (Å²) in [5, 5.41) is 3.97. The van der Waals surface area contributed by atoms with Crippen molar-refractivity contribution in [2.45, 2.75) is 6.92 Å². The number of carbonyl (C=O) groups excluding carboxylic acids is 1. The Morgan fingerprint density at radius 3 is 2.77 bits per heavy atom. The Morgan fingerprint density at radius 2 is 2.31 bits per heavy atom. The number of rotatable bonds is 1. The molecule has 0 N–H and O–H groups in total. The van der Waals surface area contributed by atoms with Crippen molar-refractivity contribution in [2.75, 3.05) is 13.1 Å². The molecule has 1 saturated heterocycles. The van der Waals surface area contributed by atoms with Gasteiger partial charge in [-0.25, -0.2) is 0 Å². The number of aryl methyl sites for hydroxylation is 1. The Morgan fingerprint density at radius 1 is 1.62 bits per heavy atom. The summed E-state index contributed by atoms with van der Waals surface area (Å²) in [6.45, 7) is 3.91. The summed E-state index contributed by atoms with van der Waals surface area (Å²) >= 11 is 0. The zero-order valence-corrected chi connectivity index (χ0v) is 7.90. The van der Waals surface area contributed by atoms with Gasteiger partial charge in [0.25, 0.3) is 5.91 Å². The molecule has 0 saturated carbocycles. The fourth-order valence-electron chi connectivity index (χ4n) is 1.58. The van der Waals surface area contributed by atoms with Gasteiger partial charge in [-0.3, -0.25) is 9.48 Å². The number of nitrogens with zero attached hydrogens (tertiary/aromatic N) is 3. The highest BCUT2D eigenvalue weighted by molar-refractivity contribution is 5.94. The second-order valence-electron chi connectivity index (χ2n) is 3.72. The van der Waals surface area contributed by atoms with Gasteiger partial charge in [0.05, 0.1) is 11.8 Å². The number of amides is 1. The number of likely N-dealkylation sites (tertiary alicyclic amines) is 1. The van der Waals surface area contributed by atoms with Crippen LogP contribution in [0.2, 0.25) is 0 Å². The van der Waals surface area contributed by atoms with E-state index in [4.69, 9.17) is 0 Å². The van der Waals surface area contributed by atoms with Crippen LogP contribution < -0.4 is 0 Å². The highest BCUT2D eigenvalue weighted by Gasteiger charge is 2.28. The topological polar surface area (TPSA) is 38.1 Å². The maximum Gasteiger partial charge on any atom is 0.257 e. The lowest BCUT2D eigenvalue weighted by Crippen LogP contribution is -2.48. The van der Waals surface area contributed by atoms with Gasteiger partial charge >= 0.3 is 0 Å². The second kappa shape index (κ2) is 2.87. The predicted molar refractivity (Wildman–Crippen MR) is 48.3 cm³/mol. The Kier molecular flexibility index (Phi) is 1.83. The summed E-state index contributed by atoms with van der Waals surface area (Å²) in [5.41, 5.74) is 0.689. The first kappa shape index (κ1) is 8.29. The monoisotopic (exact) mass is 179 g/mol. The van der Waals surface area contributed by atoms with Crippen molar-refractivity contribution in [3.63, 3.8) is 0 Å². The zero-order chi connectivity index (χ0) is 9.42. The molecule has 1 amide bonds. The SMILES string of the molecule is CC1CN(C(=O)c2cnn(C)c2)C1. The first-order valence-electron chi connectivity index (χ1n) is 4.44. The smallest absolute Gasteiger partial charge is 0.257 e.